The van der Waals surface area contributed by atoms with Crippen molar-refractivity contribution in [3.8, 4) is 5.75 Å². The molecule has 1 unspecified atom stereocenters. The fourth-order valence-corrected chi connectivity index (χ4v) is 2.24. The van der Waals surface area contributed by atoms with Gasteiger partial charge < -0.3 is 4.74 Å². The van der Waals surface area contributed by atoms with Gasteiger partial charge in [-0.3, -0.25) is 9.69 Å². The highest BCUT2D eigenvalue weighted by Gasteiger charge is 2.19. The lowest BCUT2D eigenvalue weighted by Gasteiger charge is -2.27. The average Bonchev–Trinajstić information content (AvgIpc) is 2.50. The number of ketones is 1. The number of rotatable bonds is 9. The van der Waals surface area contributed by atoms with Crippen molar-refractivity contribution in [3.05, 3.63) is 29.6 Å². The van der Waals surface area contributed by atoms with Crippen LogP contribution in [0.1, 0.15) is 50.4 Å². The number of carbonyl (C=O) groups excluding carboxylic acids is 1. The Balaban J connectivity index is 2.88. The third-order valence-corrected chi connectivity index (χ3v) is 3.82. The Morgan fingerprint density at radius 2 is 2.10 bits per heavy atom. The SMILES string of the molecule is CCCCN(CC(=O)c1cc(F)ccc1OC)C(C)CC. The molecule has 21 heavy (non-hydrogen) atoms. The second kappa shape index (κ2) is 8.78. The van der Waals surface area contributed by atoms with Gasteiger partial charge in [-0.05, 0) is 44.5 Å². The van der Waals surface area contributed by atoms with Crippen LogP contribution >= 0.6 is 0 Å². The van der Waals surface area contributed by atoms with Gasteiger partial charge in [0.25, 0.3) is 0 Å². The number of hydrogen-bond acceptors (Lipinski definition) is 3. The first-order valence-electron chi connectivity index (χ1n) is 7.64. The van der Waals surface area contributed by atoms with Crippen molar-refractivity contribution in [2.45, 2.75) is 46.1 Å². The number of ether oxygens (including phenoxy) is 1. The molecule has 0 amide bonds. The summed E-state index contributed by atoms with van der Waals surface area (Å²) in [5.74, 6) is -0.0773. The van der Waals surface area contributed by atoms with E-state index in [9.17, 15) is 9.18 Å². The summed E-state index contributed by atoms with van der Waals surface area (Å²) < 4.78 is 18.6. The Bertz CT molecular complexity index is 462. The Morgan fingerprint density at radius 1 is 1.38 bits per heavy atom. The van der Waals surface area contributed by atoms with E-state index in [0.29, 0.717) is 23.9 Å². The summed E-state index contributed by atoms with van der Waals surface area (Å²) in [4.78, 5) is 14.6. The third-order valence-electron chi connectivity index (χ3n) is 3.82. The molecule has 0 spiro atoms. The Kier molecular flexibility index (Phi) is 7.37. The molecular weight excluding hydrogens is 269 g/mol. The molecule has 1 atom stereocenters. The van der Waals surface area contributed by atoms with Gasteiger partial charge >= 0.3 is 0 Å². The van der Waals surface area contributed by atoms with Gasteiger partial charge in [0.1, 0.15) is 11.6 Å². The molecule has 1 aromatic rings. The average molecular weight is 295 g/mol. The van der Waals surface area contributed by atoms with Crippen molar-refractivity contribution in [2.75, 3.05) is 20.2 Å². The van der Waals surface area contributed by atoms with Gasteiger partial charge in [0.05, 0.1) is 19.2 Å². The Hall–Kier alpha value is -1.42. The van der Waals surface area contributed by atoms with Crippen molar-refractivity contribution < 1.29 is 13.9 Å². The second-order valence-corrected chi connectivity index (χ2v) is 5.35. The van der Waals surface area contributed by atoms with E-state index in [4.69, 9.17) is 4.74 Å². The van der Waals surface area contributed by atoms with Crippen molar-refractivity contribution >= 4 is 5.78 Å². The molecular formula is C17H26FNO2. The maximum Gasteiger partial charge on any atom is 0.180 e. The molecule has 0 aliphatic carbocycles. The number of halogens is 1. The van der Waals surface area contributed by atoms with E-state index in [0.717, 1.165) is 25.8 Å². The second-order valence-electron chi connectivity index (χ2n) is 5.35. The zero-order valence-corrected chi connectivity index (χ0v) is 13.5. The minimum Gasteiger partial charge on any atom is -0.496 e. The highest BCUT2D eigenvalue weighted by Crippen LogP contribution is 2.21. The molecule has 0 heterocycles. The quantitative estimate of drug-likeness (QED) is 0.647. The minimum atomic E-state index is -0.414. The number of carbonyl (C=O) groups is 1. The molecule has 1 aromatic carbocycles. The lowest BCUT2D eigenvalue weighted by Crippen LogP contribution is -2.38. The van der Waals surface area contributed by atoms with E-state index in [1.54, 1.807) is 0 Å². The molecule has 0 aliphatic heterocycles. The predicted octanol–water partition coefficient (Wildman–Crippen LogP) is 3.92. The van der Waals surface area contributed by atoms with E-state index in [2.05, 4.69) is 25.7 Å². The van der Waals surface area contributed by atoms with Gasteiger partial charge in [-0.25, -0.2) is 4.39 Å². The number of methoxy groups -OCH3 is 1. The summed E-state index contributed by atoms with van der Waals surface area (Å²) in [6.45, 7) is 7.54. The van der Waals surface area contributed by atoms with Gasteiger partial charge in [0.2, 0.25) is 0 Å². The maximum absolute atomic E-state index is 13.4. The van der Waals surface area contributed by atoms with Crippen molar-refractivity contribution in [1.29, 1.82) is 0 Å². The third kappa shape index (κ3) is 5.12. The van der Waals surface area contributed by atoms with Crippen LogP contribution in [0.5, 0.6) is 5.75 Å². The molecule has 0 aliphatic rings. The first-order valence-corrected chi connectivity index (χ1v) is 7.64. The summed E-state index contributed by atoms with van der Waals surface area (Å²) in [6.07, 6.45) is 3.12. The van der Waals surface area contributed by atoms with E-state index in [-0.39, 0.29) is 5.78 Å². The Labute approximate surface area is 127 Å². The van der Waals surface area contributed by atoms with Crippen LogP contribution in [0.25, 0.3) is 0 Å². The zero-order valence-electron chi connectivity index (χ0n) is 13.5. The van der Waals surface area contributed by atoms with Crippen LogP contribution in [0, 0.1) is 5.82 Å². The summed E-state index contributed by atoms with van der Waals surface area (Å²) in [5, 5.41) is 0. The molecule has 118 valence electrons. The monoisotopic (exact) mass is 295 g/mol. The molecule has 0 radical (unpaired) electrons. The summed E-state index contributed by atoms with van der Waals surface area (Å²) in [7, 11) is 1.49. The minimum absolute atomic E-state index is 0.0947. The molecule has 0 bridgehead atoms. The van der Waals surface area contributed by atoms with Gasteiger partial charge in [0.15, 0.2) is 5.78 Å². The van der Waals surface area contributed by atoms with E-state index in [1.165, 1.54) is 25.3 Å². The van der Waals surface area contributed by atoms with Crippen LogP contribution in [-0.2, 0) is 0 Å². The molecule has 1 rings (SSSR count). The fraction of sp³-hybridized carbons (Fsp3) is 0.588. The van der Waals surface area contributed by atoms with Gasteiger partial charge in [-0.15, -0.1) is 0 Å². The predicted molar refractivity (Wildman–Crippen MR) is 83.5 cm³/mol. The lowest BCUT2D eigenvalue weighted by atomic mass is 10.1. The lowest BCUT2D eigenvalue weighted by molar-refractivity contribution is 0.0891. The molecule has 0 N–H and O–H groups in total. The smallest absolute Gasteiger partial charge is 0.180 e. The highest BCUT2D eigenvalue weighted by molar-refractivity contribution is 6.00. The molecule has 4 heteroatoms. The van der Waals surface area contributed by atoms with Crippen LogP contribution in [0.15, 0.2) is 18.2 Å². The summed E-state index contributed by atoms with van der Waals surface area (Å²) >= 11 is 0. The summed E-state index contributed by atoms with van der Waals surface area (Å²) in [5.41, 5.74) is 0.322. The zero-order chi connectivity index (χ0) is 15.8. The van der Waals surface area contributed by atoms with Crippen LogP contribution in [-0.4, -0.2) is 36.9 Å². The molecule has 0 saturated heterocycles. The Morgan fingerprint density at radius 3 is 2.67 bits per heavy atom. The number of Topliss-reactive ketones (excluding diaryl/α,β-unsaturated/α-hetero) is 1. The van der Waals surface area contributed by atoms with Crippen molar-refractivity contribution in [1.82, 2.24) is 4.90 Å². The largest absolute Gasteiger partial charge is 0.496 e. The molecule has 3 nitrogen and oxygen atoms in total. The standard InChI is InChI=1S/C17H26FNO2/c1-5-7-10-19(13(3)6-2)12-16(20)15-11-14(18)8-9-17(15)21-4/h8-9,11,13H,5-7,10,12H2,1-4H3. The number of hydrogen-bond donors (Lipinski definition) is 0. The molecule has 0 aromatic heterocycles. The molecule has 0 saturated carbocycles. The first kappa shape index (κ1) is 17.6. The topological polar surface area (TPSA) is 29.5 Å². The normalized spacial score (nSPS) is 12.5. The van der Waals surface area contributed by atoms with Crippen LogP contribution in [0.2, 0.25) is 0 Å². The maximum atomic E-state index is 13.4. The van der Waals surface area contributed by atoms with Gasteiger partial charge in [-0.2, -0.15) is 0 Å². The number of benzene rings is 1. The number of nitrogens with zero attached hydrogens (tertiary/aromatic N) is 1. The van der Waals surface area contributed by atoms with Gasteiger partial charge in [0, 0.05) is 6.04 Å². The van der Waals surface area contributed by atoms with Gasteiger partial charge in [-0.1, -0.05) is 20.3 Å². The van der Waals surface area contributed by atoms with E-state index in [1.807, 2.05) is 0 Å². The van der Waals surface area contributed by atoms with E-state index >= 15 is 0 Å². The van der Waals surface area contributed by atoms with Crippen molar-refractivity contribution in [2.24, 2.45) is 0 Å². The fourth-order valence-electron chi connectivity index (χ4n) is 2.24. The number of unbranched alkanes of at least 4 members (excludes halogenated alkanes) is 1. The molecule has 0 fully saturated rings. The van der Waals surface area contributed by atoms with Crippen LogP contribution in [0.3, 0.4) is 0 Å². The van der Waals surface area contributed by atoms with Crippen LogP contribution < -0.4 is 4.74 Å². The van der Waals surface area contributed by atoms with Crippen LogP contribution in [0.4, 0.5) is 4.39 Å². The highest BCUT2D eigenvalue weighted by atomic mass is 19.1. The summed E-state index contributed by atoms with van der Waals surface area (Å²) in [6, 6.07) is 4.40. The van der Waals surface area contributed by atoms with E-state index < -0.39 is 5.82 Å². The first-order chi connectivity index (χ1) is 10.0. The van der Waals surface area contributed by atoms with Crippen molar-refractivity contribution in [3.63, 3.8) is 0 Å².